The molecule has 0 saturated carbocycles. The number of anilines is 2. The lowest BCUT2D eigenvalue weighted by atomic mass is 10.1. The molecule has 0 amide bonds. The molecule has 0 atom stereocenters. The Balaban J connectivity index is 2.90. The van der Waals surface area contributed by atoms with Gasteiger partial charge in [-0.1, -0.05) is 0 Å². The Morgan fingerprint density at radius 1 is 0.889 bits per heavy atom. The molecule has 0 heterocycles. The molecule has 0 unspecified atom stereocenters. The summed E-state index contributed by atoms with van der Waals surface area (Å²) < 4.78 is 81.0. The first-order valence-electron chi connectivity index (χ1n) is 6.77. The van der Waals surface area contributed by atoms with Crippen molar-refractivity contribution in [2.24, 2.45) is 0 Å². The lowest BCUT2D eigenvalue weighted by molar-refractivity contribution is -0.394. The fourth-order valence-electron chi connectivity index (χ4n) is 2.38. The molecule has 0 N–H and O–H groups in total. The van der Waals surface area contributed by atoms with E-state index in [-0.39, 0.29) is 29.2 Å². The third kappa shape index (κ3) is 3.75. The second-order valence-corrected chi connectivity index (χ2v) is 5.15. The van der Waals surface area contributed by atoms with E-state index in [9.17, 15) is 46.6 Å². The van der Waals surface area contributed by atoms with Gasteiger partial charge in [-0.15, -0.1) is 0 Å². The van der Waals surface area contributed by atoms with Crippen LogP contribution in [0.15, 0.2) is 24.3 Å². The standard InChI is InChI=1S/C14H7F6N3O4/c1-21(13-9(16)2-6(15)3-10(13)17)12-8(14(18,19)20)4-7(22(24)25)5-11(12)23(26)27/h2-5H,1H3. The maximum Gasteiger partial charge on any atom is 0.418 e. The van der Waals surface area contributed by atoms with Crippen molar-refractivity contribution >= 4 is 22.7 Å². The average molecular weight is 395 g/mol. The number of benzene rings is 2. The molecule has 7 nitrogen and oxygen atoms in total. The molecule has 13 heteroatoms. The summed E-state index contributed by atoms with van der Waals surface area (Å²) in [6.07, 6.45) is -5.34. The monoisotopic (exact) mass is 395 g/mol. The van der Waals surface area contributed by atoms with Crippen LogP contribution < -0.4 is 4.90 Å². The van der Waals surface area contributed by atoms with Crippen LogP contribution in [0.25, 0.3) is 0 Å². The summed E-state index contributed by atoms with van der Waals surface area (Å²) in [6, 6.07) is 0.553. The quantitative estimate of drug-likeness (QED) is 0.425. The molecule has 0 fully saturated rings. The van der Waals surface area contributed by atoms with E-state index in [1.165, 1.54) is 0 Å². The third-order valence-corrected chi connectivity index (χ3v) is 3.44. The largest absolute Gasteiger partial charge is 0.418 e. The van der Waals surface area contributed by atoms with Gasteiger partial charge < -0.3 is 4.90 Å². The highest BCUT2D eigenvalue weighted by molar-refractivity contribution is 5.78. The number of hydrogen-bond donors (Lipinski definition) is 0. The molecule has 0 radical (unpaired) electrons. The van der Waals surface area contributed by atoms with Gasteiger partial charge in [0.05, 0.1) is 21.5 Å². The molecule has 2 rings (SSSR count). The average Bonchev–Trinajstić information content (AvgIpc) is 2.51. The van der Waals surface area contributed by atoms with Crippen molar-refractivity contribution in [1.82, 2.24) is 0 Å². The van der Waals surface area contributed by atoms with Crippen LogP contribution in [-0.4, -0.2) is 16.9 Å². The third-order valence-electron chi connectivity index (χ3n) is 3.44. The van der Waals surface area contributed by atoms with Crippen molar-refractivity contribution < 1.29 is 36.2 Å². The van der Waals surface area contributed by atoms with Gasteiger partial charge in [-0.25, -0.2) is 13.2 Å². The van der Waals surface area contributed by atoms with E-state index in [4.69, 9.17) is 0 Å². The van der Waals surface area contributed by atoms with E-state index < -0.39 is 61.8 Å². The molecule has 2 aromatic rings. The molecular weight excluding hydrogens is 388 g/mol. The molecular formula is C14H7F6N3O4. The first kappa shape index (κ1) is 19.9. The van der Waals surface area contributed by atoms with Crippen LogP contribution in [0.4, 0.5) is 49.1 Å². The van der Waals surface area contributed by atoms with Crippen LogP contribution in [0.2, 0.25) is 0 Å². The molecule has 0 aliphatic heterocycles. The molecule has 0 bridgehead atoms. The van der Waals surface area contributed by atoms with Crippen LogP contribution in [0.5, 0.6) is 0 Å². The van der Waals surface area contributed by atoms with Gasteiger partial charge in [-0.05, 0) is 0 Å². The number of alkyl halides is 3. The smallest absolute Gasteiger partial charge is 0.334 e. The number of halogens is 6. The summed E-state index contributed by atoms with van der Waals surface area (Å²) in [6.45, 7) is 0. The predicted molar refractivity (Wildman–Crippen MR) is 79.1 cm³/mol. The topological polar surface area (TPSA) is 89.5 Å². The zero-order valence-electron chi connectivity index (χ0n) is 13.1. The summed E-state index contributed by atoms with van der Waals surface area (Å²) >= 11 is 0. The van der Waals surface area contributed by atoms with Crippen LogP contribution in [0, 0.1) is 37.7 Å². The van der Waals surface area contributed by atoms with Crippen molar-refractivity contribution in [3.05, 3.63) is 67.5 Å². The fourth-order valence-corrected chi connectivity index (χ4v) is 2.38. The second-order valence-electron chi connectivity index (χ2n) is 5.15. The summed E-state index contributed by atoms with van der Waals surface area (Å²) in [5.74, 6) is -4.62. The normalized spacial score (nSPS) is 11.4. The van der Waals surface area contributed by atoms with E-state index >= 15 is 0 Å². The molecule has 27 heavy (non-hydrogen) atoms. The first-order valence-corrected chi connectivity index (χ1v) is 6.77. The summed E-state index contributed by atoms with van der Waals surface area (Å²) in [4.78, 5) is 19.5. The van der Waals surface area contributed by atoms with Gasteiger partial charge in [0.15, 0.2) is 11.6 Å². The number of hydrogen-bond acceptors (Lipinski definition) is 5. The van der Waals surface area contributed by atoms with Crippen LogP contribution >= 0.6 is 0 Å². The molecule has 144 valence electrons. The zero-order chi connectivity index (χ0) is 20.7. The van der Waals surface area contributed by atoms with Crippen molar-refractivity contribution in [3.8, 4) is 0 Å². The Hall–Kier alpha value is -3.38. The SMILES string of the molecule is CN(c1c(F)cc(F)cc1F)c1c([N+](=O)[O-])cc([N+](=O)[O-])cc1C(F)(F)F. The van der Waals surface area contributed by atoms with E-state index in [1.807, 2.05) is 0 Å². The van der Waals surface area contributed by atoms with Gasteiger partial charge in [0.1, 0.15) is 17.2 Å². The zero-order valence-corrected chi connectivity index (χ0v) is 13.1. The molecule has 0 aliphatic rings. The minimum atomic E-state index is -5.34. The van der Waals surface area contributed by atoms with Crippen molar-refractivity contribution in [3.63, 3.8) is 0 Å². The maximum atomic E-state index is 13.9. The van der Waals surface area contributed by atoms with Crippen molar-refractivity contribution in [2.75, 3.05) is 11.9 Å². The van der Waals surface area contributed by atoms with Crippen LogP contribution in [0.3, 0.4) is 0 Å². The summed E-state index contributed by atoms with van der Waals surface area (Å²) in [5.41, 5.74) is -7.08. The fraction of sp³-hybridized carbons (Fsp3) is 0.143. The minimum Gasteiger partial charge on any atom is -0.334 e. The number of rotatable bonds is 4. The van der Waals surface area contributed by atoms with E-state index in [0.29, 0.717) is 7.05 Å². The van der Waals surface area contributed by atoms with Crippen LogP contribution in [0.1, 0.15) is 5.56 Å². The summed E-state index contributed by atoms with van der Waals surface area (Å²) in [5, 5.41) is 22.0. The van der Waals surface area contributed by atoms with Gasteiger partial charge in [-0.3, -0.25) is 20.2 Å². The molecule has 2 aromatic carbocycles. The highest BCUT2D eigenvalue weighted by atomic mass is 19.4. The highest BCUT2D eigenvalue weighted by Gasteiger charge is 2.41. The van der Waals surface area contributed by atoms with E-state index in [2.05, 4.69) is 0 Å². The van der Waals surface area contributed by atoms with E-state index in [1.54, 1.807) is 0 Å². The molecule has 0 aromatic heterocycles. The molecule has 0 spiro atoms. The summed E-state index contributed by atoms with van der Waals surface area (Å²) in [7, 11) is 0.669. The molecule has 0 aliphatic carbocycles. The van der Waals surface area contributed by atoms with Crippen molar-refractivity contribution in [2.45, 2.75) is 6.18 Å². The Morgan fingerprint density at radius 2 is 1.41 bits per heavy atom. The molecule has 0 saturated heterocycles. The van der Waals surface area contributed by atoms with Crippen LogP contribution in [-0.2, 0) is 6.18 Å². The number of nitrogens with zero attached hydrogens (tertiary/aromatic N) is 3. The second kappa shape index (κ2) is 6.74. The van der Waals surface area contributed by atoms with E-state index in [0.717, 1.165) is 0 Å². The Bertz CT molecular complexity index is 924. The van der Waals surface area contributed by atoms with Gasteiger partial charge in [-0.2, -0.15) is 13.2 Å². The Labute approximate surface area is 145 Å². The van der Waals surface area contributed by atoms with Crippen molar-refractivity contribution in [1.29, 1.82) is 0 Å². The lowest BCUT2D eigenvalue weighted by Gasteiger charge is -2.24. The van der Waals surface area contributed by atoms with Gasteiger partial charge in [0.2, 0.25) is 0 Å². The number of non-ortho nitro benzene ring substituents is 1. The Morgan fingerprint density at radius 3 is 1.81 bits per heavy atom. The predicted octanol–water partition coefficient (Wildman–Crippen LogP) is 4.71. The highest BCUT2D eigenvalue weighted by Crippen LogP contribution is 2.46. The minimum absolute atomic E-state index is 0.00182. The number of nitro groups is 2. The lowest BCUT2D eigenvalue weighted by Crippen LogP contribution is -2.20. The van der Waals surface area contributed by atoms with Gasteiger partial charge >= 0.3 is 6.18 Å². The first-order chi connectivity index (χ1) is 12.3. The maximum absolute atomic E-state index is 13.9. The Kier molecular flexibility index (Phi) is 4.97. The van der Waals surface area contributed by atoms with Gasteiger partial charge in [0, 0.05) is 25.2 Å². The number of nitro benzene ring substituents is 2. The van der Waals surface area contributed by atoms with Gasteiger partial charge in [0.25, 0.3) is 11.4 Å².